The molecule has 8 heteroatoms. The average molecular weight is 364 g/mol. The highest BCUT2D eigenvalue weighted by Gasteiger charge is 2.15. The Morgan fingerprint density at radius 3 is 2.64 bits per heavy atom. The molecule has 25 heavy (non-hydrogen) atoms. The summed E-state index contributed by atoms with van der Waals surface area (Å²) in [6.07, 6.45) is 2.09. The second-order valence-corrected chi connectivity index (χ2v) is 7.48. The van der Waals surface area contributed by atoms with Crippen molar-refractivity contribution in [3.8, 4) is 0 Å². The molecule has 0 unspecified atom stereocenters. The van der Waals surface area contributed by atoms with Gasteiger partial charge in [-0.3, -0.25) is 9.67 Å². The van der Waals surface area contributed by atoms with Crippen molar-refractivity contribution in [1.29, 1.82) is 0 Å². The SMILES string of the molecule is CN=C(NCc1csc(N(C)C)n1)N(C)Cc1cn(C)nc1C(C)C. The quantitative estimate of drug-likeness (QED) is 0.630. The number of aliphatic imine (C=N–C) groups is 1. The maximum atomic E-state index is 4.60. The Kier molecular flexibility index (Phi) is 6.41. The Bertz CT molecular complexity index is 714. The Hall–Kier alpha value is -2.09. The Morgan fingerprint density at radius 1 is 1.36 bits per heavy atom. The van der Waals surface area contributed by atoms with Crippen molar-refractivity contribution in [2.45, 2.75) is 32.9 Å². The highest BCUT2D eigenvalue weighted by Crippen LogP contribution is 2.19. The van der Waals surface area contributed by atoms with Crippen LogP contribution < -0.4 is 10.2 Å². The Labute approximate surface area is 154 Å². The number of hydrogen-bond acceptors (Lipinski definition) is 5. The number of nitrogens with zero attached hydrogens (tertiary/aromatic N) is 6. The van der Waals surface area contributed by atoms with E-state index in [1.54, 1.807) is 18.4 Å². The van der Waals surface area contributed by atoms with Gasteiger partial charge in [-0.05, 0) is 5.92 Å². The molecule has 7 nitrogen and oxygen atoms in total. The number of rotatable bonds is 6. The standard InChI is InChI=1S/C17H29N7S/c1-12(2)15-13(10-24(7)21-15)9-23(6)16(18-3)19-8-14-11-25-17(20-14)22(4)5/h10-12H,8-9H2,1-7H3,(H,18,19). The predicted octanol–water partition coefficient (Wildman–Crippen LogP) is 2.27. The van der Waals surface area contributed by atoms with E-state index in [0.29, 0.717) is 12.5 Å². The van der Waals surface area contributed by atoms with Gasteiger partial charge in [-0.25, -0.2) is 4.98 Å². The van der Waals surface area contributed by atoms with Crippen LogP contribution in [0.1, 0.15) is 36.7 Å². The van der Waals surface area contributed by atoms with E-state index in [4.69, 9.17) is 0 Å². The van der Waals surface area contributed by atoms with Crippen LogP contribution in [0.4, 0.5) is 5.13 Å². The van der Waals surface area contributed by atoms with Crippen LogP contribution in [0.3, 0.4) is 0 Å². The van der Waals surface area contributed by atoms with Crippen LogP contribution in [-0.2, 0) is 20.1 Å². The molecule has 2 aromatic heterocycles. The molecule has 0 aliphatic heterocycles. The van der Waals surface area contributed by atoms with E-state index in [9.17, 15) is 0 Å². The van der Waals surface area contributed by atoms with Crippen molar-refractivity contribution in [3.63, 3.8) is 0 Å². The second kappa shape index (κ2) is 8.33. The fraction of sp³-hybridized carbons (Fsp3) is 0.588. The molecule has 0 amide bonds. The van der Waals surface area contributed by atoms with Crippen molar-refractivity contribution in [1.82, 2.24) is 25.0 Å². The molecule has 1 N–H and O–H groups in total. The largest absolute Gasteiger partial charge is 0.354 e. The fourth-order valence-electron chi connectivity index (χ4n) is 2.63. The predicted molar refractivity (Wildman–Crippen MR) is 105 cm³/mol. The molecule has 0 saturated heterocycles. The summed E-state index contributed by atoms with van der Waals surface area (Å²) in [7, 11) is 9.81. The average Bonchev–Trinajstić information content (AvgIpc) is 3.14. The van der Waals surface area contributed by atoms with Crippen LogP contribution in [0.2, 0.25) is 0 Å². The van der Waals surface area contributed by atoms with Crippen LogP contribution in [0, 0.1) is 0 Å². The molecule has 2 aromatic rings. The molecule has 0 aromatic carbocycles. The lowest BCUT2D eigenvalue weighted by Crippen LogP contribution is -2.38. The maximum absolute atomic E-state index is 4.60. The second-order valence-electron chi connectivity index (χ2n) is 6.64. The summed E-state index contributed by atoms with van der Waals surface area (Å²) in [5.74, 6) is 1.25. The van der Waals surface area contributed by atoms with E-state index in [0.717, 1.165) is 29.0 Å². The van der Waals surface area contributed by atoms with Crippen LogP contribution in [0.25, 0.3) is 0 Å². The van der Waals surface area contributed by atoms with Gasteiger partial charge < -0.3 is 15.1 Å². The number of anilines is 1. The number of nitrogens with one attached hydrogen (secondary N) is 1. The summed E-state index contributed by atoms with van der Waals surface area (Å²) < 4.78 is 1.88. The van der Waals surface area contributed by atoms with Crippen LogP contribution in [-0.4, -0.2) is 53.8 Å². The van der Waals surface area contributed by atoms with E-state index in [2.05, 4.69) is 50.7 Å². The van der Waals surface area contributed by atoms with E-state index < -0.39 is 0 Å². The van der Waals surface area contributed by atoms with E-state index >= 15 is 0 Å². The lowest BCUT2D eigenvalue weighted by atomic mass is 10.1. The van der Waals surface area contributed by atoms with Crippen LogP contribution >= 0.6 is 11.3 Å². The molecule has 2 rings (SSSR count). The lowest BCUT2D eigenvalue weighted by molar-refractivity contribution is 0.473. The third kappa shape index (κ3) is 4.94. The van der Waals surface area contributed by atoms with Gasteiger partial charge in [0.25, 0.3) is 0 Å². The Balaban J connectivity index is 2.00. The molecule has 0 radical (unpaired) electrons. The molecule has 2 heterocycles. The molecule has 0 bridgehead atoms. The highest BCUT2D eigenvalue weighted by molar-refractivity contribution is 7.13. The smallest absolute Gasteiger partial charge is 0.194 e. The van der Waals surface area contributed by atoms with E-state index in [1.165, 1.54) is 5.56 Å². The first kappa shape index (κ1) is 19.2. The third-order valence-electron chi connectivity index (χ3n) is 3.81. The topological polar surface area (TPSA) is 61.6 Å². The van der Waals surface area contributed by atoms with Gasteiger partial charge >= 0.3 is 0 Å². The summed E-state index contributed by atoms with van der Waals surface area (Å²) in [6.45, 7) is 5.76. The van der Waals surface area contributed by atoms with Gasteiger partial charge in [0, 0.05) is 58.9 Å². The summed E-state index contributed by atoms with van der Waals surface area (Å²) in [6, 6.07) is 0. The Morgan fingerprint density at radius 2 is 2.08 bits per heavy atom. The number of aryl methyl sites for hydroxylation is 1. The maximum Gasteiger partial charge on any atom is 0.194 e. The van der Waals surface area contributed by atoms with E-state index in [-0.39, 0.29) is 0 Å². The van der Waals surface area contributed by atoms with E-state index in [1.807, 2.05) is 37.8 Å². The van der Waals surface area contributed by atoms with Gasteiger partial charge in [0.1, 0.15) is 0 Å². The van der Waals surface area contributed by atoms with Gasteiger partial charge in [-0.1, -0.05) is 13.8 Å². The first-order valence-electron chi connectivity index (χ1n) is 8.37. The van der Waals surface area contributed by atoms with Crippen molar-refractivity contribution in [2.75, 3.05) is 33.1 Å². The molecule has 0 atom stereocenters. The van der Waals surface area contributed by atoms with Gasteiger partial charge in [0.15, 0.2) is 11.1 Å². The summed E-state index contributed by atoms with van der Waals surface area (Å²) in [5.41, 5.74) is 3.39. The minimum atomic E-state index is 0.402. The first-order chi connectivity index (χ1) is 11.8. The van der Waals surface area contributed by atoms with Crippen LogP contribution in [0.5, 0.6) is 0 Å². The molecule has 0 saturated carbocycles. The molecule has 0 spiro atoms. The minimum absolute atomic E-state index is 0.402. The fourth-order valence-corrected chi connectivity index (χ4v) is 3.39. The summed E-state index contributed by atoms with van der Waals surface area (Å²) >= 11 is 1.65. The minimum Gasteiger partial charge on any atom is -0.354 e. The number of thiazole rings is 1. The normalized spacial score (nSPS) is 11.9. The van der Waals surface area contributed by atoms with Crippen molar-refractivity contribution in [2.24, 2.45) is 12.0 Å². The molecule has 138 valence electrons. The van der Waals surface area contributed by atoms with Gasteiger partial charge in [-0.2, -0.15) is 5.10 Å². The molecule has 0 aliphatic carbocycles. The summed E-state index contributed by atoms with van der Waals surface area (Å²) in [4.78, 5) is 13.1. The van der Waals surface area contributed by atoms with Crippen molar-refractivity contribution < 1.29 is 0 Å². The lowest BCUT2D eigenvalue weighted by Gasteiger charge is -2.22. The molecular weight excluding hydrogens is 334 g/mol. The molecule has 0 fully saturated rings. The van der Waals surface area contributed by atoms with Gasteiger partial charge in [0.2, 0.25) is 0 Å². The zero-order valence-corrected chi connectivity index (χ0v) is 17.1. The van der Waals surface area contributed by atoms with Gasteiger partial charge in [0.05, 0.1) is 17.9 Å². The number of aromatic nitrogens is 3. The van der Waals surface area contributed by atoms with Crippen molar-refractivity contribution in [3.05, 3.63) is 28.5 Å². The van der Waals surface area contributed by atoms with Gasteiger partial charge in [-0.15, -0.1) is 11.3 Å². The third-order valence-corrected chi connectivity index (χ3v) is 4.87. The first-order valence-corrected chi connectivity index (χ1v) is 9.25. The monoisotopic (exact) mass is 363 g/mol. The zero-order valence-electron chi connectivity index (χ0n) is 16.2. The molecule has 0 aliphatic rings. The molecular formula is C17H29N7S. The van der Waals surface area contributed by atoms with Crippen molar-refractivity contribution >= 4 is 22.4 Å². The zero-order chi connectivity index (χ0) is 18.6. The number of guanidine groups is 1. The summed E-state index contributed by atoms with van der Waals surface area (Å²) in [5, 5.41) is 11.1. The van der Waals surface area contributed by atoms with Crippen LogP contribution in [0.15, 0.2) is 16.6 Å². The highest BCUT2D eigenvalue weighted by atomic mass is 32.1. The number of hydrogen-bond donors (Lipinski definition) is 1.